The predicted octanol–water partition coefficient (Wildman–Crippen LogP) is -4.16. The third kappa shape index (κ3) is 13.5. The van der Waals surface area contributed by atoms with Crippen LogP contribution in [-0.4, -0.2) is 51.9 Å². The quantitative estimate of drug-likeness (QED) is 0.0413. The molecular weight excluding hydrogens is 1080 g/mol. The summed E-state index contributed by atoms with van der Waals surface area (Å²) in [4.78, 5) is -4.09. The largest absolute Gasteiger partial charge is 1.00 e. The Balaban J connectivity index is 0.00000324. The van der Waals surface area contributed by atoms with Gasteiger partial charge in [0, 0.05) is 16.1 Å². The standard InChI is InChI=1S/C38H26Cl2N8O14S4.4Na/c39-21-5-10-25(40)27(15-21)45-46-34-28(64(54,55)56)13-20-14-30(66(60,61)62)36(38(50)32(20)33(34)42)48-44-23-8-3-18(4-9-23)17-1-6-22(7-2-17)43-47-35-29(65(57,58)59)12-19-11-24(63(51,52)53)16-26(41)31(19)37(35)49;;;;/h1-16,49-50H,41-42H2,(H,51,52,53)(H,54,55,56)(H,57,58,59)(H,60,61,62);;;;/q;4*+1/p-4. The fourth-order valence-electron chi connectivity index (χ4n) is 6.31. The third-order valence-corrected chi connectivity index (χ3v) is 13.3. The Bertz CT molecular complexity index is 3790. The summed E-state index contributed by atoms with van der Waals surface area (Å²) in [5.41, 5.74) is 9.36. The van der Waals surface area contributed by atoms with Gasteiger partial charge in [0.15, 0.2) is 0 Å². The van der Waals surface area contributed by atoms with E-state index < -0.39 is 111 Å². The summed E-state index contributed by atoms with van der Waals surface area (Å²) in [5, 5.41) is 48.5. The molecule has 0 spiro atoms. The van der Waals surface area contributed by atoms with Gasteiger partial charge < -0.3 is 30.8 Å². The molecule has 0 aliphatic carbocycles. The van der Waals surface area contributed by atoms with Gasteiger partial charge in [0.1, 0.15) is 41.4 Å². The summed E-state index contributed by atoms with van der Waals surface area (Å²) in [5.74, 6) is -2.41. The van der Waals surface area contributed by atoms with Crippen molar-refractivity contribution >= 4 is 131 Å². The molecule has 0 unspecified atom stereocenters. The molecule has 0 saturated carbocycles. The van der Waals surface area contributed by atoms with E-state index in [1.54, 1.807) is 12.1 Å². The van der Waals surface area contributed by atoms with Crippen LogP contribution in [0.4, 0.5) is 45.5 Å². The molecule has 7 aromatic rings. The normalized spacial score (nSPS) is 12.2. The van der Waals surface area contributed by atoms with E-state index in [1.807, 2.05) is 0 Å². The molecule has 0 aliphatic rings. The van der Waals surface area contributed by atoms with Gasteiger partial charge in [-0.25, -0.2) is 16.8 Å². The number of nitrogens with zero attached hydrogens (tertiary/aromatic N) is 6. The van der Waals surface area contributed by atoms with E-state index in [2.05, 4.69) is 30.7 Å². The zero-order chi connectivity index (χ0) is 48.3. The molecular formula is C38H22Cl2N8Na4O14S4. The fraction of sp³-hybridized carbons (Fsp3) is 0. The van der Waals surface area contributed by atoms with Gasteiger partial charge in [0.2, 0.25) is 0 Å². The van der Waals surface area contributed by atoms with Crippen LogP contribution in [0.5, 0.6) is 11.5 Å². The van der Waals surface area contributed by atoms with Crippen molar-refractivity contribution in [1.29, 1.82) is 0 Å². The second kappa shape index (κ2) is 23.7. The van der Waals surface area contributed by atoms with Crippen LogP contribution in [0.1, 0.15) is 0 Å². The SMILES string of the molecule is Nc1cc(S(=O)(=O)[O-])cc2cc(S(=O)(=O)O)c(N=Nc3ccc(-c4ccc(N=Nc5c(S(=O)(=O)O)cc6cc(S(=O)(=O)[O-])c(N=Nc7cc(Cl)ccc7Cl)c(N)c6c5[O-])cc4)cc3)c([O-])c12.[Na+].[Na+].[Na+].[Na+]. The number of azo groups is 3. The van der Waals surface area contributed by atoms with E-state index in [-0.39, 0.29) is 156 Å². The smallest absolute Gasteiger partial charge is 0.870 e. The fourth-order valence-corrected chi connectivity index (χ4v) is 9.14. The summed E-state index contributed by atoms with van der Waals surface area (Å²) >= 11 is 12.1. The maximum absolute atomic E-state index is 13.9. The Morgan fingerprint density at radius 3 is 1.36 bits per heavy atom. The Labute approximate surface area is 495 Å². The van der Waals surface area contributed by atoms with Crippen molar-refractivity contribution in [3.63, 3.8) is 0 Å². The molecule has 0 saturated heterocycles. The molecule has 0 aliphatic heterocycles. The van der Waals surface area contributed by atoms with Crippen LogP contribution in [0.25, 0.3) is 32.7 Å². The van der Waals surface area contributed by atoms with E-state index in [4.69, 9.17) is 34.7 Å². The van der Waals surface area contributed by atoms with Crippen molar-refractivity contribution in [3.8, 4) is 22.6 Å². The number of rotatable bonds is 11. The van der Waals surface area contributed by atoms with Crippen molar-refractivity contribution in [2.75, 3.05) is 11.5 Å². The average Bonchev–Trinajstić information content (AvgIpc) is 3.22. The van der Waals surface area contributed by atoms with E-state index in [9.17, 15) is 62.1 Å². The number of nitrogen functional groups attached to an aromatic ring is 2. The van der Waals surface area contributed by atoms with Gasteiger partial charge in [-0.2, -0.15) is 27.1 Å². The molecule has 7 aromatic carbocycles. The summed E-state index contributed by atoms with van der Waals surface area (Å²) in [6.07, 6.45) is 0. The topological polar surface area (TPSA) is 395 Å². The second-order valence-electron chi connectivity index (χ2n) is 13.6. The van der Waals surface area contributed by atoms with Gasteiger partial charge in [-0.1, -0.05) is 59.0 Å². The Hall–Kier alpha value is -2.72. The monoisotopic (exact) mass is 1100 g/mol. The van der Waals surface area contributed by atoms with Gasteiger partial charge in [-0.05, 0) is 100 Å². The van der Waals surface area contributed by atoms with Crippen LogP contribution in [0.15, 0.2) is 147 Å². The van der Waals surface area contributed by atoms with Gasteiger partial charge in [-0.15, -0.1) is 20.5 Å². The first-order chi connectivity index (χ1) is 30.7. The molecule has 22 nitrogen and oxygen atoms in total. The number of halogens is 2. The molecule has 0 bridgehead atoms. The van der Waals surface area contributed by atoms with Crippen molar-refractivity contribution < 1.29 is 180 Å². The first kappa shape index (κ1) is 61.6. The summed E-state index contributed by atoms with van der Waals surface area (Å²) in [6.45, 7) is 0. The molecule has 32 heteroatoms. The van der Waals surface area contributed by atoms with E-state index in [1.165, 1.54) is 54.6 Å². The molecule has 0 amide bonds. The molecule has 0 atom stereocenters. The molecule has 6 N–H and O–H groups in total. The molecule has 0 fully saturated rings. The molecule has 7 rings (SSSR count). The molecule has 70 heavy (non-hydrogen) atoms. The van der Waals surface area contributed by atoms with Crippen molar-refractivity contribution in [3.05, 3.63) is 107 Å². The van der Waals surface area contributed by atoms with Crippen LogP contribution < -0.4 is 140 Å². The maximum Gasteiger partial charge on any atom is 1.00 e. The maximum atomic E-state index is 13.9. The van der Waals surface area contributed by atoms with E-state index in [0.29, 0.717) is 23.3 Å². The second-order valence-corrected chi connectivity index (χ2v) is 19.9. The molecule has 340 valence electrons. The van der Waals surface area contributed by atoms with Crippen LogP contribution in [0.2, 0.25) is 10.0 Å². The predicted molar refractivity (Wildman–Crippen MR) is 232 cm³/mol. The van der Waals surface area contributed by atoms with Crippen LogP contribution in [0.3, 0.4) is 0 Å². The Morgan fingerprint density at radius 1 is 0.486 bits per heavy atom. The van der Waals surface area contributed by atoms with Gasteiger partial charge >= 0.3 is 118 Å². The van der Waals surface area contributed by atoms with Crippen LogP contribution in [0, 0.1) is 0 Å². The number of hydrogen-bond acceptors (Lipinski definition) is 20. The van der Waals surface area contributed by atoms with Gasteiger partial charge in [0.25, 0.3) is 20.2 Å². The first-order valence-corrected chi connectivity index (χ1v) is 24.1. The molecule has 0 aromatic heterocycles. The molecule has 0 heterocycles. The van der Waals surface area contributed by atoms with Crippen molar-refractivity contribution in [1.82, 2.24) is 0 Å². The van der Waals surface area contributed by atoms with Gasteiger partial charge in [0.05, 0.1) is 43.3 Å². The van der Waals surface area contributed by atoms with Crippen LogP contribution >= 0.6 is 23.2 Å². The summed E-state index contributed by atoms with van der Waals surface area (Å²) < 4.78 is 141. The average molecular weight is 1110 g/mol. The Morgan fingerprint density at radius 2 is 0.914 bits per heavy atom. The minimum absolute atomic E-state index is 0. The van der Waals surface area contributed by atoms with Crippen LogP contribution in [-0.2, 0) is 40.5 Å². The minimum atomic E-state index is -5.41. The number of nitrogens with two attached hydrogens (primary N) is 2. The number of benzene rings is 7. The Kier molecular flexibility index (Phi) is 20.8. The zero-order valence-electron chi connectivity index (χ0n) is 36.3. The van der Waals surface area contributed by atoms with Crippen molar-refractivity contribution in [2.24, 2.45) is 30.7 Å². The van der Waals surface area contributed by atoms with Gasteiger partial charge in [-0.3, -0.25) is 9.11 Å². The zero-order valence-corrected chi connectivity index (χ0v) is 49.0. The summed E-state index contributed by atoms with van der Waals surface area (Å²) in [7, 11) is -20.9. The number of hydrogen-bond donors (Lipinski definition) is 4. The summed E-state index contributed by atoms with van der Waals surface area (Å²) in [6, 6.07) is 19.3. The minimum Gasteiger partial charge on any atom is -0.870 e. The van der Waals surface area contributed by atoms with Crippen molar-refractivity contribution in [2.45, 2.75) is 19.6 Å². The van der Waals surface area contributed by atoms with E-state index in [0.717, 1.165) is 18.2 Å². The third-order valence-electron chi connectivity index (χ3n) is 9.31. The number of anilines is 2. The number of fused-ring (bicyclic) bond motifs is 2. The molecule has 0 radical (unpaired) electrons. The van der Waals surface area contributed by atoms with E-state index >= 15 is 0 Å². The first-order valence-electron chi connectivity index (χ1n) is 17.7.